The molecule has 0 saturated heterocycles. The number of hydrogen-bond acceptors (Lipinski definition) is 2. The van der Waals surface area contributed by atoms with Gasteiger partial charge in [0.15, 0.2) is 5.78 Å². The van der Waals surface area contributed by atoms with Crippen LogP contribution in [0.3, 0.4) is 0 Å². The molecule has 0 saturated carbocycles. The Morgan fingerprint density at radius 3 is 2.25 bits per heavy atom. The first kappa shape index (κ1) is 14.5. The van der Waals surface area contributed by atoms with Crippen LogP contribution >= 0.6 is 0 Å². The Labute approximate surface area is 120 Å². The summed E-state index contributed by atoms with van der Waals surface area (Å²) in [5.41, 5.74) is 5.21. The van der Waals surface area contributed by atoms with Crippen molar-refractivity contribution in [2.45, 2.75) is 47.1 Å². The summed E-state index contributed by atoms with van der Waals surface area (Å²) in [4.78, 5) is 12.6. The number of benzene rings is 1. The predicted molar refractivity (Wildman–Crippen MR) is 81.3 cm³/mol. The van der Waals surface area contributed by atoms with Gasteiger partial charge in [-0.25, -0.2) is 0 Å². The summed E-state index contributed by atoms with van der Waals surface area (Å²) in [6.07, 6.45) is 0.987. The monoisotopic (exact) mass is 270 g/mol. The second-order valence-electron chi connectivity index (χ2n) is 5.33. The molecule has 1 unspecified atom stereocenters. The van der Waals surface area contributed by atoms with E-state index in [2.05, 4.69) is 12.0 Å². The van der Waals surface area contributed by atoms with Crippen molar-refractivity contribution in [3.63, 3.8) is 0 Å². The first-order chi connectivity index (χ1) is 9.45. The molecule has 3 nitrogen and oxygen atoms in total. The third kappa shape index (κ3) is 2.53. The Kier molecular flexibility index (Phi) is 4.07. The van der Waals surface area contributed by atoms with E-state index in [9.17, 15) is 4.79 Å². The van der Waals surface area contributed by atoms with E-state index in [0.29, 0.717) is 0 Å². The molecule has 1 aromatic heterocycles. The van der Waals surface area contributed by atoms with Gasteiger partial charge in [-0.05, 0) is 45.2 Å². The highest BCUT2D eigenvalue weighted by Crippen LogP contribution is 2.20. The van der Waals surface area contributed by atoms with E-state index in [-0.39, 0.29) is 11.8 Å². The zero-order chi connectivity index (χ0) is 14.9. The summed E-state index contributed by atoms with van der Waals surface area (Å²) in [5, 5.41) is 4.49. The van der Waals surface area contributed by atoms with Crippen LogP contribution in [-0.2, 0) is 6.42 Å². The average molecular weight is 270 g/mol. The summed E-state index contributed by atoms with van der Waals surface area (Å²) in [7, 11) is 0. The molecule has 0 N–H and O–H groups in total. The molecule has 106 valence electrons. The minimum absolute atomic E-state index is 0.109. The van der Waals surface area contributed by atoms with E-state index in [1.54, 1.807) is 0 Å². The van der Waals surface area contributed by atoms with E-state index in [0.717, 1.165) is 28.9 Å². The Hall–Kier alpha value is -1.90. The normalized spacial score (nSPS) is 12.4. The van der Waals surface area contributed by atoms with Gasteiger partial charge in [0, 0.05) is 11.3 Å². The minimum atomic E-state index is -0.269. The van der Waals surface area contributed by atoms with Gasteiger partial charge >= 0.3 is 0 Å². The zero-order valence-electron chi connectivity index (χ0n) is 12.9. The number of carbonyl (C=O) groups excluding carboxylic acids is 1. The second kappa shape index (κ2) is 5.61. The fourth-order valence-electron chi connectivity index (χ4n) is 2.38. The molecular weight excluding hydrogens is 248 g/mol. The molecule has 1 heterocycles. The lowest BCUT2D eigenvalue weighted by atomic mass is 10.0. The van der Waals surface area contributed by atoms with Crippen LogP contribution in [0, 0.1) is 20.8 Å². The summed E-state index contributed by atoms with van der Waals surface area (Å²) in [5.74, 6) is 0.109. The van der Waals surface area contributed by atoms with Crippen LogP contribution < -0.4 is 0 Å². The van der Waals surface area contributed by atoms with Crippen molar-refractivity contribution in [1.82, 2.24) is 9.78 Å². The van der Waals surface area contributed by atoms with E-state index < -0.39 is 0 Å². The van der Waals surface area contributed by atoms with Crippen molar-refractivity contribution in [3.05, 3.63) is 52.3 Å². The van der Waals surface area contributed by atoms with Crippen LogP contribution in [0.2, 0.25) is 0 Å². The standard InChI is InChI=1S/C17H22N2O/c1-6-15-7-9-16(10-8-15)17(20)14(5)19-13(4)11(2)12(3)18-19/h7-10,14H,6H2,1-5H3. The fraction of sp³-hybridized carbons (Fsp3) is 0.412. The van der Waals surface area contributed by atoms with Crippen molar-refractivity contribution in [2.75, 3.05) is 0 Å². The molecule has 1 atom stereocenters. The van der Waals surface area contributed by atoms with Gasteiger partial charge in [0.05, 0.1) is 5.69 Å². The minimum Gasteiger partial charge on any atom is -0.292 e. The predicted octanol–water partition coefficient (Wildman–Crippen LogP) is 3.81. The van der Waals surface area contributed by atoms with E-state index >= 15 is 0 Å². The molecule has 3 heteroatoms. The molecule has 0 amide bonds. The third-order valence-electron chi connectivity index (χ3n) is 4.08. The van der Waals surface area contributed by atoms with Gasteiger partial charge in [-0.1, -0.05) is 31.2 Å². The quantitative estimate of drug-likeness (QED) is 0.792. The number of nitrogens with zero attached hydrogens (tertiary/aromatic N) is 2. The molecule has 0 bridgehead atoms. The number of carbonyl (C=O) groups is 1. The average Bonchev–Trinajstić information content (AvgIpc) is 2.73. The third-order valence-corrected chi connectivity index (χ3v) is 4.08. The molecule has 0 radical (unpaired) electrons. The Morgan fingerprint density at radius 1 is 1.20 bits per heavy atom. The number of ketones is 1. The maximum Gasteiger partial charge on any atom is 0.187 e. The van der Waals surface area contributed by atoms with Gasteiger partial charge in [-0.2, -0.15) is 5.10 Å². The number of rotatable bonds is 4. The van der Waals surface area contributed by atoms with E-state index in [1.165, 1.54) is 5.56 Å². The van der Waals surface area contributed by atoms with Crippen molar-refractivity contribution < 1.29 is 4.79 Å². The highest BCUT2D eigenvalue weighted by atomic mass is 16.1. The zero-order valence-corrected chi connectivity index (χ0v) is 12.9. The van der Waals surface area contributed by atoms with E-state index in [1.807, 2.05) is 56.6 Å². The molecule has 0 fully saturated rings. The van der Waals surface area contributed by atoms with Crippen molar-refractivity contribution in [2.24, 2.45) is 0 Å². The van der Waals surface area contributed by atoms with Crippen LogP contribution in [0.15, 0.2) is 24.3 Å². The van der Waals surface area contributed by atoms with Crippen molar-refractivity contribution in [3.8, 4) is 0 Å². The SMILES string of the molecule is CCc1ccc(C(=O)C(C)n2nc(C)c(C)c2C)cc1. The molecule has 0 aliphatic carbocycles. The first-order valence-electron chi connectivity index (χ1n) is 7.11. The summed E-state index contributed by atoms with van der Waals surface area (Å²) >= 11 is 0. The highest BCUT2D eigenvalue weighted by molar-refractivity contribution is 5.98. The van der Waals surface area contributed by atoms with Gasteiger partial charge in [0.25, 0.3) is 0 Å². The first-order valence-corrected chi connectivity index (χ1v) is 7.11. The Morgan fingerprint density at radius 2 is 1.80 bits per heavy atom. The Bertz CT molecular complexity index is 623. The van der Waals surface area contributed by atoms with E-state index in [4.69, 9.17) is 0 Å². The van der Waals surface area contributed by atoms with Crippen molar-refractivity contribution in [1.29, 1.82) is 0 Å². The summed E-state index contributed by atoms with van der Waals surface area (Å²) in [6, 6.07) is 7.60. The maximum absolute atomic E-state index is 12.6. The lowest BCUT2D eigenvalue weighted by molar-refractivity contribution is 0.0926. The Balaban J connectivity index is 2.29. The van der Waals surface area contributed by atoms with Gasteiger partial charge in [0.2, 0.25) is 0 Å². The smallest absolute Gasteiger partial charge is 0.187 e. The lowest BCUT2D eigenvalue weighted by Crippen LogP contribution is -2.19. The topological polar surface area (TPSA) is 34.9 Å². The maximum atomic E-state index is 12.6. The molecule has 2 rings (SSSR count). The molecule has 0 spiro atoms. The summed E-state index contributed by atoms with van der Waals surface area (Å²) < 4.78 is 1.83. The van der Waals surface area contributed by atoms with Crippen LogP contribution in [0.4, 0.5) is 0 Å². The second-order valence-corrected chi connectivity index (χ2v) is 5.33. The van der Waals surface area contributed by atoms with Crippen LogP contribution in [0.25, 0.3) is 0 Å². The molecule has 20 heavy (non-hydrogen) atoms. The van der Waals surface area contributed by atoms with Crippen LogP contribution in [-0.4, -0.2) is 15.6 Å². The summed E-state index contributed by atoms with van der Waals surface area (Å²) in [6.45, 7) is 10.1. The lowest BCUT2D eigenvalue weighted by Gasteiger charge is -2.14. The van der Waals surface area contributed by atoms with Gasteiger partial charge in [0.1, 0.15) is 6.04 Å². The molecule has 1 aromatic carbocycles. The van der Waals surface area contributed by atoms with Crippen LogP contribution in [0.5, 0.6) is 0 Å². The van der Waals surface area contributed by atoms with Gasteiger partial charge in [-0.15, -0.1) is 0 Å². The largest absolute Gasteiger partial charge is 0.292 e. The number of aryl methyl sites for hydroxylation is 2. The molecular formula is C17H22N2O. The van der Waals surface area contributed by atoms with Gasteiger partial charge in [-0.3, -0.25) is 9.48 Å². The van der Waals surface area contributed by atoms with Gasteiger partial charge < -0.3 is 0 Å². The number of hydrogen-bond donors (Lipinski definition) is 0. The number of Topliss-reactive ketones (excluding diaryl/α,β-unsaturated/α-hetero) is 1. The molecule has 0 aliphatic heterocycles. The fourth-order valence-corrected chi connectivity index (χ4v) is 2.38. The van der Waals surface area contributed by atoms with Crippen LogP contribution in [0.1, 0.15) is 52.8 Å². The number of aromatic nitrogens is 2. The highest BCUT2D eigenvalue weighted by Gasteiger charge is 2.20. The van der Waals surface area contributed by atoms with Crippen molar-refractivity contribution >= 4 is 5.78 Å². The molecule has 0 aliphatic rings. The molecule has 2 aromatic rings.